The molecule has 0 fully saturated rings. The number of aryl methyl sites for hydroxylation is 5. The second-order valence-corrected chi connectivity index (χ2v) is 9.04. The number of halogens is 1. The van der Waals surface area contributed by atoms with E-state index in [-0.39, 0.29) is 5.56 Å². The molecule has 7 nitrogen and oxygen atoms in total. The number of hydrogen-bond acceptors (Lipinski definition) is 5. The molecule has 0 aliphatic heterocycles. The Labute approximate surface area is 207 Å². The van der Waals surface area contributed by atoms with Crippen molar-refractivity contribution in [3.63, 3.8) is 0 Å². The molecule has 0 unspecified atom stereocenters. The summed E-state index contributed by atoms with van der Waals surface area (Å²) in [7, 11) is 3.47. The average molecular weight is 489 g/mol. The van der Waals surface area contributed by atoms with Crippen molar-refractivity contribution in [1.29, 1.82) is 0 Å². The topological polar surface area (TPSA) is 75.1 Å². The number of aromatic nitrogens is 4. The van der Waals surface area contributed by atoms with Crippen LogP contribution in [0.25, 0.3) is 33.2 Å². The highest BCUT2D eigenvalue weighted by Crippen LogP contribution is 2.38. The van der Waals surface area contributed by atoms with Gasteiger partial charge < -0.3 is 13.8 Å². The fraction of sp³-hybridized carbons (Fsp3) is 0.222. The molecule has 0 saturated heterocycles. The van der Waals surface area contributed by atoms with Crippen molar-refractivity contribution in [2.45, 2.75) is 26.8 Å². The molecule has 0 amide bonds. The van der Waals surface area contributed by atoms with E-state index in [0.29, 0.717) is 35.1 Å². The number of rotatable bonds is 6. The van der Waals surface area contributed by atoms with Gasteiger partial charge in [0.2, 0.25) is 0 Å². The quantitative estimate of drug-likeness (QED) is 0.312. The molecule has 0 aliphatic rings. The molecular weight excluding hydrogens is 464 g/mol. The smallest absolute Gasteiger partial charge is 0.259 e. The van der Waals surface area contributed by atoms with Crippen LogP contribution in [0.15, 0.2) is 64.2 Å². The minimum atomic E-state index is -0.0772. The molecule has 8 heteroatoms. The van der Waals surface area contributed by atoms with Crippen LogP contribution in [-0.2, 0) is 20.0 Å². The summed E-state index contributed by atoms with van der Waals surface area (Å²) >= 11 is 6.05. The van der Waals surface area contributed by atoms with Gasteiger partial charge in [0.1, 0.15) is 11.5 Å². The van der Waals surface area contributed by atoms with Crippen LogP contribution in [0.3, 0.4) is 0 Å². The zero-order valence-electron chi connectivity index (χ0n) is 20.0. The predicted octanol–water partition coefficient (Wildman–Crippen LogP) is 5.58. The first kappa shape index (κ1) is 22.9. The zero-order valence-corrected chi connectivity index (χ0v) is 20.8. The Bertz CT molecular complexity index is 1580. The monoisotopic (exact) mass is 488 g/mol. The third kappa shape index (κ3) is 4.23. The Hall–Kier alpha value is -3.84. The number of benzene rings is 2. The fourth-order valence-corrected chi connectivity index (χ4v) is 4.65. The van der Waals surface area contributed by atoms with Crippen LogP contribution >= 0.6 is 11.6 Å². The number of fused-ring (bicyclic) bond motifs is 1. The summed E-state index contributed by atoms with van der Waals surface area (Å²) in [4.78, 5) is 13.7. The van der Waals surface area contributed by atoms with Crippen molar-refractivity contribution < 1.29 is 9.26 Å². The summed E-state index contributed by atoms with van der Waals surface area (Å²) in [5.74, 6) is 1.37. The average Bonchev–Trinajstić information content (AvgIpc) is 3.43. The van der Waals surface area contributed by atoms with Gasteiger partial charge >= 0.3 is 0 Å². The van der Waals surface area contributed by atoms with Gasteiger partial charge in [-0.25, -0.2) is 0 Å². The highest BCUT2D eigenvalue weighted by atomic mass is 35.5. The molecule has 0 atom stereocenters. The molecule has 0 radical (unpaired) electrons. The van der Waals surface area contributed by atoms with Crippen molar-refractivity contribution in [3.05, 3.63) is 87.3 Å². The number of methoxy groups -OCH3 is 1. The molecule has 35 heavy (non-hydrogen) atoms. The third-order valence-electron chi connectivity index (χ3n) is 6.27. The van der Waals surface area contributed by atoms with Gasteiger partial charge in [-0.3, -0.25) is 9.48 Å². The molecule has 0 bridgehead atoms. The van der Waals surface area contributed by atoms with Crippen molar-refractivity contribution in [2.75, 3.05) is 7.11 Å². The molecule has 0 aliphatic carbocycles. The molecule has 0 saturated carbocycles. The van der Waals surface area contributed by atoms with E-state index in [0.717, 1.165) is 38.9 Å². The van der Waals surface area contributed by atoms with E-state index in [1.54, 1.807) is 18.0 Å². The van der Waals surface area contributed by atoms with Crippen LogP contribution in [0.4, 0.5) is 0 Å². The largest absolute Gasteiger partial charge is 0.496 e. The standard InChI is InChI=1S/C27H25ClN4O3/c1-16-26(17(2)35-30-16)23-12-19-11-22(20-14-29-31(3)15-20)27(33)32(24(19)13-25(23)34-4)10-9-18-5-7-21(28)8-6-18/h5-8,11-15H,9-10H2,1-4H3. The SMILES string of the molecule is COc1cc2c(cc1-c1c(C)noc1C)cc(-c1cnn(C)c1)c(=O)n2CCc1ccc(Cl)cc1. The van der Waals surface area contributed by atoms with E-state index < -0.39 is 0 Å². The van der Waals surface area contributed by atoms with Crippen molar-refractivity contribution in [3.8, 4) is 28.0 Å². The number of ether oxygens (including phenoxy) is 1. The normalized spacial score (nSPS) is 11.3. The van der Waals surface area contributed by atoms with Gasteiger partial charge in [-0.05, 0) is 55.5 Å². The maximum atomic E-state index is 13.7. The first-order chi connectivity index (χ1) is 16.9. The van der Waals surface area contributed by atoms with E-state index >= 15 is 0 Å². The van der Waals surface area contributed by atoms with Crippen LogP contribution in [0, 0.1) is 13.8 Å². The Balaban J connectivity index is 1.73. The van der Waals surface area contributed by atoms with Crippen molar-refractivity contribution in [2.24, 2.45) is 7.05 Å². The molecule has 5 aromatic rings. The number of hydrogen-bond donors (Lipinski definition) is 0. The Morgan fingerprint density at radius 3 is 2.46 bits per heavy atom. The van der Waals surface area contributed by atoms with Gasteiger partial charge in [0.05, 0.1) is 35.6 Å². The van der Waals surface area contributed by atoms with Gasteiger partial charge in [-0.1, -0.05) is 28.9 Å². The summed E-state index contributed by atoms with van der Waals surface area (Å²) in [5.41, 5.74) is 5.73. The molecule has 0 spiro atoms. The summed E-state index contributed by atoms with van der Waals surface area (Å²) in [6, 6.07) is 13.6. The van der Waals surface area contributed by atoms with Gasteiger partial charge in [-0.15, -0.1) is 0 Å². The van der Waals surface area contributed by atoms with E-state index in [9.17, 15) is 4.79 Å². The molecule has 0 N–H and O–H groups in total. The van der Waals surface area contributed by atoms with Crippen LogP contribution in [0.1, 0.15) is 17.0 Å². The lowest BCUT2D eigenvalue weighted by Gasteiger charge is -2.16. The number of nitrogens with zero attached hydrogens (tertiary/aromatic N) is 4. The third-order valence-corrected chi connectivity index (χ3v) is 6.52. The lowest BCUT2D eigenvalue weighted by molar-refractivity contribution is 0.393. The molecule has 3 heterocycles. The fourth-order valence-electron chi connectivity index (χ4n) is 4.52. The Morgan fingerprint density at radius 2 is 1.83 bits per heavy atom. The van der Waals surface area contributed by atoms with Crippen LogP contribution in [0.2, 0.25) is 5.02 Å². The van der Waals surface area contributed by atoms with Gasteiger partial charge in [0, 0.05) is 42.0 Å². The minimum Gasteiger partial charge on any atom is -0.496 e. The summed E-state index contributed by atoms with van der Waals surface area (Å²) in [6.45, 7) is 4.29. The van der Waals surface area contributed by atoms with Crippen molar-refractivity contribution in [1.82, 2.24) is 19.5 Å². The van der Waals surface area contributed by atoms with Gasteiger partial charge in [0.25, 0.3) is 5.56 Å². The van der Waals surface area contributed by atoms with Gasteiger partial charge in [0.15, 0.2) is 0 Å². The van der Waals surface area contributed by atoms with Gasteiger partial charge in [-0.2, -0.15) is 5.10 Å². The highest BCUT2D eigenvalue weighted by Gasteiger charge is 2.20. The zero-order chi connectivity index (χ0) is 24.7. The lowest BCUT2D eigenvalue weighted by atomic mass is 9.98. The molecule has 178 valence electrons. The van der Waals surface area contributed by atoms with E-state index in [1.165, 1.54) is 0 Å². The molecule has 5 rings (SSSR count). The Kier molecular flexibility index (Phi) is 5.94. The van der Waals surface area contributed by atoms with Crippen molar-refractivity contribution >= 4 is 22.5 Å². The van der Waals surface area contributed by atoms with Crippen LogP contribution in [0.5, 0.6) is 5.75 Å². The van der Waals surface area contributed by atoms with E-state index in [4.69, 9.17) is 20.9 Å². The summed E-state index contributed by atoms with van der Waals surface area (Å²) in [6.07, 6.45) is 4.24. The maximum absolute atomic E-state index is 13.7. The number of pyridine rings is 1. The van der Waals surface area contributed by atoms with E-state index in [2.05, 4.69) is 10.3 Å². The Morgan fingerprint density at radius 1 is 1.09 bits per heavy atom. The molecule has 2 aromatic carbocycles. The lowest BCUT2D eigenvalue weighted by Crippen LogP contribution is -2.23. The predicted molar refractivity (Wildman–Crippen MR) is 137 cm³/mol. The second-order valence-electron chi connectivity index (χ2n) is 8.60. The highest BCUT2D eigenvalue weighted by molar-refractivity contribution is 6.30. The summed E-state index contributed by atoms with van der Waals surface area (Å²) < 4.78 is 14.7. The first-order valence-corrected chi connectivity index (χ1v) is 11.7. The molecule has 3 aromatic heterocycles. The minimum absolute atomic E-state index is 0.0772. The van der Waals surface area contributed by atoms with E-state index in [1.807, 2.05) is 74.1 Å². The molecular formula is C27H25ClN4O3. The first-order valence-electron chi connectivity index (χ1n) is 11.3. The second kappa shape index (κ2) is 9.07. The summed E-state index contributed by atoms with van der Waals surface area (Å²) in [5, 5.41) is 9.98. The maximum Gasteiger partial charge on any atom is 0.259 e. The van der Waals surface area contributed by atoms with Crippen LogP contribution in [-0.4, -0.2) is 26.6 Å². The van der Waals surface area contributed by atoms with Crippen LogP contribution < -0.4 is 10.3 Å².